The van der Waals surface area contributed by atoms with Crippen LogP contribution in [-0.2, 0) is 9.47 Å². The van der Waals surface area contributed by atoms with Gasteiger partial charge >= 0.3 is 0 Å². The number of ether oxygens (including phenoxy) is 2. The molecule has 0 spiro atoms. The van der Waals surface area contributed by atoms with Crippen LogP contribution in [0.5, 0.6) is 0 Å². The SMILES string of the molecule is C.CCCCC[C@H](O)/C=C/C=C\C/C=C\C/C=C\COCC.CCCCC[C@H](O)/C=C/C=C\CCCC/C=C\COCC. The molecule has 0 radical (unpaired) electrons. The molecule has 4 nitrogen and oxygen atoms in total. The summed E-state index contributed by atoms with van der Waals surface area (Å²) < 4.78 is 10.4. The molecule has 0 aliphatic rings. The lowest BCUT2D eigenvalue weighted by molar-refractivity contribution is 0.177. The maximum absolute atomic E-state index is 9.70. The van der Waals surface area contributed by atoms with Crippen molar-refractivity contribution in [2.45, 2.75) is 137 Å². The van der Waals surface area contributed by atoms with Crippen LogP contribution in [0.4, 0.5) is 0 Å². The molecule has 2 atom stereocenters. The predicted octanol–water partition coefficient (Wildman–Crippen LogP) is 10.8. The van der Waals surface area contributed by atoms with E-state index in [0.29, 0.717) is 6.61 Å². The second-order valence-electron chi connectivity index (χ2n) is 10.2. The van der Waals surface area contributed by atoms with E-state index in [-0.39, 0.29) is 19.6 Å². The van der Waals surface area contributed by atoms with Crippen molar-refractivity contribution in [3.63, 3.8) is 0 Å². The minimum Gasteiger partial charge on any atom is -0.389 e. The third-order valence-corrected chi connectivity index (χ3v) is 6.24. The summed E-state index contributed by atoms with van der Waals surface area (Å²) in [4.78, 5) is 0. The van der Waals surface area contributed by atoms with Crippen molar-refractivity contribution in [1.29, 1.82) is 0 Å². The van der Waals surface area contributed by atoms with Gasteiger partial charge in [0.25, 0.3) is 0 Å². The number of aliphatic hydroxyl groups is 2. The van der Waals surface area contributed by atoms with Gasteiger partial charge < -0.3 is 19.7 Å². The monoisotopic (exact) mass is 603 g/mol. The quantitative estimate of drug-likeness (QED) is 0.0558. The molecular formula is C39H70O4. The Kier molecular flexibility index (Phi) is 44.6. The number of hydrogen-bond donors (Lipinski definition) is 2. The minimum absolute atomic E-state index is 0. The fraction of sp³-hybridized carbons (Fsp3) is 0.641. The Morgan fingerprint density at radius 3 is 1.44 bits per heavy atom. The van der Waals surface area contributed by atoms with Crippen molar-refractivity contribution < 1.29 is 19.7 Å². The van der Waals surface area contributed by atoms with Gasteiger partial charge in [0.15, 0.2) is 0 Å². The molecule has 0 aromatic rings. The Bertz CT molecular complexity index is 715. The molecule has 4 heteroatoms. The van der Waals surface area contributed by atoms with Gasteiger partial charge in [-0.05, 0) is 65.2 Å². The van der Waals surface area contributed by atoms with Crippen LogP contribution in [0.2, 0.25) is 0 Å². The maximum Gasteiger partial charge on any atom is 0.0723 e. The maximum atomic E-state index is 9.70. The first-order valence-electron chi connectivity index (χ1n) is 16.7. The third-order valence-electron chi connectivity index (χ3n) is 6.24. The molecule has 0 rings (SSSR count). The zero-order chi connectivity index (χ0) is 31.2. The molecule has 0 bridgehead atoms. The van der Waals surface area contributed by atoms with Gasteiger partial charge in [-0.15, -0.1) is 0 Å². The lowest BCUT2D eigenvalue weighted by atomic mass is 10.1. The highest BCUT2D eigenvalue weighted by Gasteiger charge is 1.97. The molecule has 0 aromatic heterocycles. The van der Waals surface area contributed by atoms with Crippen LogP contribution in [0, 0.1) is 0 Å². The van der Waals surface area contributed by atoms with Crippen molar-refractivity contribution >= 4 is 0 Å². The van der Waals surface area contributed by atoms with E-state index in [1.807, 2.05) is 56.4 Å². The Hall–Kier alpha value is -1.98. The van der Waals surface area contributed by atoms with Gasteiger partial charge in [0.1, 0.15) is 0 Å². The van der Waals surface area contributed by atoms with E-state index in [4.69, 9.17) is 9.47 Å². The third kappa shape index (κ3) is 44.6. The van der Waals surface area contributed by atoms with Gasteiger partial charge in [-0.1, -0.05) is 145 Å². The van der Waals surface area contributed by atoms with Gasteiger partial charge in [-0.25, -0.2) is 0 Å². The lowest BCUT2D eigenvalue weighted by Crippen LogP contribution is -2.00. The van der Waals surface area contributed by atoms with Crippen LogP contribution in [0.3, 0.4) is 0 Å². The van der Waals surface area contributed by atoms with Crippen molar-refractivity contribution in [3.05, 3.63) is 85.1 Å². The van der Waals surface area contributed by atoms with Crippen molar-refractivity contribution in [2.24, 2.45) is 0 Å². The first-order valence-corrected chi connectivity index (χ1v) is 16.7. The topological polar surface area (TPSA) is 58.9 Å². The molecular weight excluding hydrogens is 532 g/mol. The first-order chi connectivity index (χ1) is 20.6. The summed E-state index contributed by atoms with van der Waals surface area (Å²) in [5.41, 5.74) is 0. The van der Waals surface area contributed by atoms with Crippen molar-refractivity contribution in [1.82, 2.24) is 0 Å². The number of allylic oxidation sites excluding steroid dienone is 10. The van der Waals surface area contributed by atoms with Crippen LogP contribution < -0.4 is 0 Å². The molecule has 0 aliphatic heterocycles. The number of unbranched alkanes of at least 4 members (excludes halogenated alkanes) is 7. The zero-order valence-electron chi connectivity index (χ0n) is 27.7. The van der Waals surface area contributed by atoms with Crippen LogP contribution in [-0.4, -0.2) is 48.8 Å². The van der Waals surface area contributed by atoms with E-state index in [0.717, 1.165) is 71.2 Å². The Balaban J connectivity index is -0.000000727. The number of rotatable bonds is 27. The van der Waals surface area contributed by atoms with E-state index in [2.05, 4.69) is 56.4 Å². The Morgan fingerprint density at radius 2 is 0.930 bits per heavy atom. The van der Waals surface area contributed by atoms with Gasteiger partial charge in [0.2, 0.25) is 0 Å². The summed E-state index contributed by atoms with van der Waals surface area (Å²) in [6.45, 7) is 11.4. The number of aliphatic hydroxyl groups excluding tert-OH is 2. The fourth-order valence-corrected chi connectivity index (χ4v) is 3.71. The van der Waals surface area contributed by atoms with E-state index >= 15 is 0 Å². The molecule has 0 saturated carbocycles. The van der Waals surface area contributed by atoms with E-state index in [1.54, 1.807) is 0 Å². The van der Waals surface area contributed by atoms with E-state index in [1.165, 1.54) is 38.5 Å². The molecule has 0 aromatic carbocycles. The molecule has 0 unspecified atom stereocenters. The molecule has 0 aliphatic carbocycles. The van der Waals surface area contributed by atoms with Crippen LogP contribution >= 0.6 is 0 Å². The average Bonchev–Trinajstić information content (AvgIpc) is 2.99. The summed E-state index contributed by atoms with van der Waals surface area (Å²) in [6.07, 6.45) is 43.5. The molecule has 43 heavy (non-hydrogen) atoms. The Morgan fingerprint density at radius 1 is 0.488 bits per heavy atom. The normalized spacial score (nSPS) is 13.7. The standard InChI is InChI=1S/C19H34O2.C19H32O2.CH4/c2*1-3-5-13-16-19(20)17-14-11-9-7-6-8-10-12-15-18-21-4-2;/h9,11-12,14-15,17,19-20H,3-8,10,13,16,18H2,1-2H3;6,8-9,11-12,14-15,17,19-20H,3-5,7,10,13,16,18H2,1-2H3;1H4/b11-9-,15-12-,17-14+;8-6-,11-9-,15-12-,17-14+;/t2*19-;/m00./s1. The molecule has 0 fully saturated rings. The molecule has 2 N–H and O–H groups in total. The zero-order valence-corrected chi connectivity index (χ0v) is 27.7. The summed E-state index contributed by atoms with van der Waals surface area (Å²) in [5, 5.41) is 19.4. The highest BCUT2D eigenvalue weighted by Crippen LogP contribution is 2.06. The summed E-state index contributed by atoms with van der Waals surface area (Å²) in [6, 6.07) is 0. The van der Waals surface area contributed by atoms with Crippen LogP contribution in [0.1, 0.15) is 125 Å². The number of hydrogen-bond acceptors (Lipinski definition) is 4. The summed E-state index contributed by atoms with van der Waals surface area (Å²) in [5.74, 6) is 0. The Labute approximate surface area is 268 Å². The summed E-state index contributed by atoms with van der Waals surface area (Å²) >= 11 is 0. The van der Waals surface area contributed by atoms with Gasteiger partial charge in [-0.3, -0.25) is 0 Å². The first kappa shape index (κ1) is 45.4. The molecule has 0 saturated heterocycles. The smallest absolute Gasteiger partial charge is 0.0723 e. The highest BCUT2D eigenvalue weighted by atomic mass is 16.5. The molecule has 0 heterocycles. The lowest BCUT2D eigenvalue weighted by Gasteiger charge is -2.03. The van der Waals surface area contributed by atoms with Gasteiger partial charge in [-0.2, -0.15) is 0 Å². The van der Waals surface area contributed by atoms with Crippen molar-refractivity contribution in [2.75, 3.05) is 26.4 Å². The average molecular weight is 603 g/mol. The minimum atomic E-state index is -0.299. The molecule has 250 valence electrons. The predicted molar refractivity (Wildman–Crippen MR) is 192 cm³/mol. The molecule has 0 amide bonds. The summed E-state index contributed by atoms with van der Waals surface area (Å²) in [7, 11) is 0. The second kappa shape index (κ2) is 42.2. The van der Waals surface area contributed by atoms with Gasteiger partial charge in [0, 0.05) is 13.2 Å². The highest BCUT2D eigenvalue weighted by molar-refractivity contribution is 5.07. The van der Waals surface area contributed by atoms with Crippen molar-refractivity contribution in [3.8, 4) is 0 Å². The van der Waals surface area contributed by atoms with Crippen LogP contribution in [0.15, 0.2) is 85.1 Å². The van der Waals surface area contributed by atoms with E-state index in [9.17, 15) is 10.2 Å². The second-order valence-corrected chi connectivity index (χ2v) is 10.2. The largest absolute Gasteiger partial charge is 0.389 e. The van der Waals surface area contributed by atoms with Gasteiger partial charge in [0.05, 0.1) is 25.4 Å². The van der Waals surface area contributed by atoms with Crippen LogP contribution in [0.25, 0.3) is 0 Å². The van der Waals surface area contributed by atoms with E-state index < -0.39 is 0 Å². The fourth-order valence-electron chi connectivity index (χ4n) is 3.71.